The van der Waals surface area contributed by atoms with Crippen LogP contribution in [0, 0.1) is 5.92 Å². The average Bonchev–Trinajstić information content (AvgIpc) is 2.54. The molecule has 4 heteroatoms. The van der Waals surface area contributed by atoms with Crippen LogP contribution in [0.15, 0.2) is 15.9 Å². The number of rotatable bonds is 5. The van der Waals surface area contributed by atoms with Crippen LogP contribution in [0.2, 0.25) is 0 Å². The van der Waals surface area contributed by atoms with Crippen molar-refractivity contribution in [3.05, 3.63) is 20.8 Å². The third-order valence-electron chi connectivity index (χ3n) is 2.39. The lowest BCUT2D eigenvalue weighted by atomic mass is 9.96. The van der Waals surface area contributed by atoms with Gasteiger partial charge >= 0.3 is 0 Å². The van der Waals surface area contributed by atoms with Gasteiger partial charge in [0, 0.05) is 4.88 Å². The van der Waals surface area contributed by atoms with Crippen molar-refractivity contribution in [2.24, 2.45) is 11.8 Å². The molecule has 0 saturated carbocycles. The van der Waals surface area contributed by atoms with Crippen LogP contribution in [0.3, 0.4) is 0 Å². The van der Waals surface area contributed by atoms with Crippen LogP contribution in [0.25, 0.3) is 0 Å². The van der Waals surface area contributed by atoms with Gasteiger partial charge in [0.25, 0.3) is 0 Å². The number of halogens is 1. The molecule has 2 unspecified atom stereocenters. The molecule has 1 aromatic heterocycles. The fourth-order valence-corrected chi connectivity index (χ4v) is 3.26. The van der Waals surface area contributed by atoms with Crippen molar-refractivity contribution in [1.82, 2.24) is 5.43 Å². The highest BCUT2D eigenvalue weighted by Gasteiger charge is 2.18. The molecule has 0 amide bonds. The van der Waals surface area contributed by atoms with Crippen LogP contribution in [0.1, 0.15) is 37.6 Å². The quantitative estimate of drug-likeness (QED) is 0.639. The summed E-state index contributed by atoms with van der Waals surface area (Å²) in [6.45, 7) is 4.44. The molecule has 0 aliphatic heterocycles. The van der Waals surface area contributed by atoms with Gasteiger partial charge in [-0.25, -0.2) is 0 Å². The SMILES string of the molecule is CCCC(C)C(NN)c1ccc(Br)s1. The van der Waals surface area contributed by atoms with Crippen LogP contribution < -0.4 is 11.3 Å². The Kier molecular flexibility index (Phi) is 5.09. The second-order valence-corrected chi connectivity index (χ2v) is 6.05. The molecule has 80 valence electrons. The standard InChI is InChI=1S/C10H17BrN2S/c1-3-4-7(2)10(13-12)8-5-6-9(11)14-8/h5-7,10,13H,3-4,12H2,1-2H3. The first-order valence-corrected chi connectivity index (χ1v) is 6.51. The smallest absolute Gasteiger partial charge is 0.0702 e. The Morgan fingerprint density at radius 3 is 2.71 bits per heavy atom. The Labute approximate surface area is 98.0 Å². The van der Waals surface area contributed by atoms with Crippen molar-refractivity contribution in [1.29, 1.82) is 0 Å². The maximum atomic E-state index is 5.59. The molecule has 3 N–H and O–H groups in total. The van der Waals surface area contributed by atoms with Crippen molar-refractivity contribution in [2.75, 3.05) is 0 Å². The van der Waals surface area contributed by atoms with Crippen molar-refractivity contribution in [2.45, 2.75) is 32.7 Å². The van der Waals surface area contributed by atoms with Gasteiger partial charge in [-0.2, -0.15) is 0 Å². The molecular weight excluding hydrogens is 260 g/mol. The molecular formula is C10H17BrN2S. The molecule has 0 bridgehead atoms. The van der Waals surface area contributed by atoms with E-state index in [9.17, 15) is 0 Å². The summed E-state index contributed by atoms with van der Waals surface area (Å²) in [5.41, 5.74) is 2.91. The minimum absolute atomic E-state index is 0.284. The maximum absolute atomic E-state index is 5.59. The zero-order valence-corrected chi connectivity index (χ0v) is 11.0. The van der Waals surface area contributed by atoms with E-state index in [1.807, 2.05) is 0 Å². The maximum Gasteiger partial charge on any atom is 0.0702 e. The van der Waals surface area contributed by atoms with Gasteiger partial charge in [-0.1, -0.05) is 20.3 Å². The Bertz CT molecular complexity index is 275. The highest BCUT2D eigenvalue weighted by atomic mass is 79.9. The predicted octanol–water partition coefficient (Wildman–Crippen LogP) is 3.45. The molecule has 0 aliphatic rings. The number of hydrogen-bond acceptors (Lipinski definition) is 3. The number of thiophene rings is 1. The number of nitrogens with one attached hydrogen (secondary N) is 1. The van der Waals surface area contributed by atoms with E-state index < -0.39 is 0 Å². The summed E-state index contributed by atoms with van der Waals surface area (Å²) in [6.07, 6.45) is 2.40. The summed E-state index contributed by atoms with van der Waals surface area (Å²) in [4.78, 5) is 1.31. The van der Waals surface area contributed by atoms with Crippen molar-refractivity contribution >= 4 is 27.3 Å². The van der Waals surface area contributed by atoms with E-state index in [2.05, 4.69) is 47.3 Å². The Morgan fingerprint density at radius 2 is 2.29 bits per heavy atom. The molecule has 2 atom stereocenters. The number of hydrazine groups is 1. The Balaban J connectivity index is 2.71. The van der Waals surface area contributed by atoms with E-state index in [0.717, 1.165) is 3.79 Å². The molecule has 0 saturated heterocycles. The van der Waals surface area contributed by atoms with Crippen LogP contribution in [-0.4, -0.2) is 0 Å². The molecule has 1 rings (SSSR count). The van der Waals surface area contributed by atoms with Gasteiger partial charge < -0.3 is 0 Å². The van der Waals surface area contributed by atoms with Gasteiger partial charge in [0.15, 0.2) is 0 Å². The Morgan fingerprint density at radius 1 is 1.57 bits per heavy atom. The molecule has 0 spiro atoms. The number of hydrogen-bond donors (Lipinski definition) is 2. The number of nitrogens with two attached hydrogens (primary N) is 1. The van der Waals surface area contributed by atoms with E-state index in [1.165, 1.54) is 17.7 Å². The monoisotopic (exact) mass is 276 g/mol. The first-order chi connectivity index (χ1) is 6.69. The van der Waals surface area contributed by atoms with Gasteiger partial charge in [-0.3, -0.25) is 11.3 Å². The second-order valence-electron chi connectivity index (χ2n) is 3.55. The minimum Gasteiger partial charge on any atom is -0.271 e. The van der Waals surface area contributed by atoms with Crippen LogP contribution in [0.5, 0.6) is 0 Å². The molecule has 1 heterocycles. The summed E-state index contributed by atoms with van der Waals surface area (Å²) in [7, 11) is 0. The lowest BCUT2D eigenvalue weighted by molar-refractivity contribution is 0.373. The van der Waals surface area contributed by atoms with E-state index in [0.29, 0.717) is 5.92 Å². The lowest BCUT2D eigenvalue weighted by Crippen LogP contribution is -2.31. The van der Waals surface area contributed by atoms with Gasteiger partial charge in [0.1, 0.15) is 0 Å². The Hall–Kier alpha value is 0.1000. The highest BCUT2D eigenvalue weighted by molar-refractivity contribution is 9.11. The molecule has 0 aromatic carbocycles. The van der Waals surface area contributed by atoms with E-state index in [4.69, 9.17) is 5.84 Å². The fraction of sp³-hybridized carbons (Fsp3) is 0.600. The molecule has 14 heavy (non-hydrogen) atoms. The fourth-order valence-electron chi connectivity index (χ4n) is 1.64. The van der Waals surface area contributed by atoms with Gasteiger partial charge in [0.2, 0.25) is 0 Å². The van der Waals surface area contributed by atoms with E-state index in [-0.39, 0.29) is 6.04 Å². The zero-order chi connectivity index (χ0) is 10.6. The van der Waals surface area contributed by atoms with Crippen molar-refractivity contribution in [3.63, 3.8) is 0 Å². The first-order valence-electron chi connectivity index (χ1n) is 4.90. The molecule has 0 aliphatic carbocycles. The first kappa shape index (κ1) is 12.2. The normalized spacial score (nSPS) is 15.4. The average molecular weight is 277 g/mol. The largest absolute Gasteiger partial charge is 0.271 e. The second kappa shape index (κ2) is 5.85. The molecule has 1 aromatic rings. The minimum atomic E-state index is 0.284. The van der Waals surface area contributed by atoms with Gasteiger partial charge in [0.05, 0.1) is 9.83 Å². The van der Waals surface area contributed by atoms with E-state index >= 15 is 0 Å². The van der Waals surface area contributed by atoms with Crippen LogP contribution in [-0.2, 0) is 0 Å². The van der Waals surface area contributed by atoms with Crippen molar-refractivity contribution < 1.29 is 0 Å². The summed E-state index contributed by atoms with van der Waals surface area (Å²) < 4.78 is 1.16. The third-order valence-corrected chi connectivity index (χ3v) is 4.10. The van der Waals surface area contributed by atoms with Crippen LogP contribution in [0.4, 0.5) is 0 Å². The lowest BCUT2D eigenvalue weighted by Gasteiger charge is -2.21. The van der Waals surface area contributed by atoms with Gasteiger partial charge in [-0.15, -0.1) is 11.3 Å². The van der Waals surface area contributed by atoms with Crippen molar-refractivity contribution in [3.8, 4) is 0 Å². The zero-order valence-electron chi connectivity index (χ0n) is 8.59. The third kappa shape index (κ3) is 3.05. The summed E-state index contributed by atoms with van der Waals surface area (Å²) in [6, 6.07) is 4.49. The summed E-state index contributed by atoms with van der Waals surface area (Å²) in [5, 5.41) is 0. The van der Waals surface area contributed by atoms with Gasteiger partial charge in [-0.05, 0) is 40.4 Å². The molecule has 0 radical (unpaired) electrons. The summed E-state index contributed by atoms with van der Waals surface area (Å²) >= 11 is 5.22. The predicted molar refractivity (Wildman–Crippen MR) is 66.2 cm³/mol. The topological polar surface area (TPSA) is 38.0 Å². The highest BCUT2D eigenvalue weighted by Crippen LogP contribution is 2.32. The molecule has 0 fully saturated rings. The summed E-state index contributed by atoms with van der Waals surface area (Å²) in [5.74, 6) is 6.17. The van der Waals surface area contributed by atoms with Crippen LogP contribution >= 0.6 is 27.3 Å². The molecule has 2 nitrogen and oxygen atoms in total. The van der Waals surface area contributed by atoms with E-state index in [1.54, 1.807) is 11.3 Å².